The van der Waals surface area contributed by atoms with Crippen LogP contribution in [-0.4, -0.2) is 55.1 Å². The average molecular weight is 444 g/mol. The molecule has 0 radical (unpaired) electrons. The second kappa shape index (κ2) is 7.98. The van der Waals surface area contributed by atoms with Crippen LogP contribution in [0.2, 0.25) is 5.02 Å². The van der Waals surface area contributed by atoms with Gasteiger partial charge in [0.05, 0.1) is 10.7 Å². The van der Waals surface area contributed by atoms with Gasteiger partial charge < -0.3 is 9.30 Å². The van der Waals surface area contributed by atoms with Crippen molar-refractivity contribution in [2.75, 3.05) is 31.1 Å². The Kier molecular flexibility index (Phi) is 5.18. The summed E-state index contributed by atoms with van der Waals surface area (Å²) in [6, 6.07) is 5.37. The predicted molar refractivity (Wildman–Crippen MR) is 119 cm³/mol. The molecule has 0 bridgehead atoms. The van der Waals surface area contributed by atoms with Crippen LogP contribution in [0, 0.1) is 0 Å². The molecule has 5 heterocycles. The molecule has 4 aromatic rings. The molecule has 0 aromatic carbocycles. The molecule has 1 aliphatic rings. The summed E-state index contributed by atoms with van der Waals surface area (Å²) < 4.78 is 3.39. The number of anilines is 1. The van der Waals surface area contributed by atoms with E-state index in [4.69, 9.17) is 16.6 Å². The van der Waals surface area contributed by atoms with Crippen LogP contribution in [0.15, 0.2) is 35.4 Å². The Morgan fingerprint density at radius 1 is 1.10 bits per heavy atom. The molecule has 1 saturated heterocycles. The maximum absolute atomic E-state index is 12.3. The van der Waals surface area contributed by atoms with Crippen LogP contribution in [0.4, 0.5) is 5.13 Å². The van der Waals surface area contributed by atoms with Gasteiger partial charge in [-0.25, -0.2) is 9.97 Å². The molecule has 5 rings (SSSR count). The van der Waals surface area contributed by atoms with Crippen molar-refractivity contribution in [1.29, 1.82) is 0 Å². The number of hydrogen-bond acceptors (Lipinski definition) is 7. The van der Waals surface area contributed by atoms with Gasteiger partial charge in [0.1, 0.15) is 5.65 Å². The molecule has 8 nitrogen and oxygen atoms in total. The van der Waals surface area contributed by atoms with Gasteiger partial charge in [-0.3, -0.25) is 9.69 Å². The number of nitrogens with zero attached hydrogens (tertiary/aromatic N) is 7. The summed E-state index contributed by atoms with van der Waals surface area (Å²) in [7, 11) is 0. The highest BCUT2D eigenvalue weighted by molar-refractivity contribution is 7.20. The molecule has 0 spiro atoms. The Bertz CT molecular complexity index is 1260. The summed E-state index contributed by atoms with van der Waals surface area (Å²) in [6.07, 6.45) is 5.69. The first-order chi connectivity index (χ1) is 14.6. The minimum atomic E-state index is -0.109. The van der Waals surface area contributed by atoms with Crippen LogP contribution in [0.3, 0.4) is 0 Å². The zero-order valence-corrected chi connectivity index (χ0v) is 18.2. The van der Waals surface area contributed by atoms with Crippen molar-refractivity contribution >= 4 is 38.7 Å². The lowest BCUT2D eigenvalue weighted by molar-refractivity contribution is 0.282. The third kappa shape index (κ3) is 3.80. The van der Waals surface area contributed by atoms with E-state index >= 15 is 0 Å². The fraction of sp³-hybridized carbons (Fsp3) is 0.400. The SMILES string of the molecule is CCc1cc(=O)n2nc(N3CCCN(Cc4cn5cc(Cl)ccc5n4)CC3)sc2n1. The summed E-state index contributed by atoms with van der Waals surface area (Å²) in [4.78, 5) is 26.9. The monoisotopic (exact) mass is 443 g/mol. The first kappa shape index (κ1) is 19.5. The molecule has 4 aromatic heterocycles. The molecule has 30 heavy (non-hydrogen) atoms. The molecule has 0 amide bonds. The molecule has 0 atom stereocenters. The minimum absolute atomic E-state index is 0.109. The molecule has 10 heteroatoms. The second-order valence-corrected chi connectivity index (χ2v) is 8.85. The van der Waals surface area contributed by atoms with Gasteiger partial charge in [0, 0.05) is 56.9 Å². The summed E-state index contributed by atoms with van der Waals surface area (Å²) in [5.74, 6) is 0. The minimum Gasteiger partial charge on any atom is -0.345 e. The molecule has 1 fully saturated rings. The first-order valence-corrected chi connectivity index (χ1v) is 11.3. The predicted octanol–water partition coefficient (Wildman–Crippen LogP) is 2.73. The highest BCUT2D eigenvalue weighted by atomic mass is 35.5. The van der Waals surface area contributed by atoms with E-state index in [2.05, 4.69) is 19.9 Å². The number of aryl methyl sites for hydroxylation is 1. The van der Waals surface area contributed by atoms with Crippen LogP contribution in [0.25, 0.3) is 10.6 Å². The highest BCUT2D eigenvalue weighted by Crippen LogP contribution is 2.23. The number of hydrogen-bond donors (Lipinski definition) is 0. The molecule has 0 unspecified atom stereocenters. The van der Waals surface area contributed by atoms with Crippen LogP contribution >= 0.6 is 22.9 Å². The summed E-state index contributed by atoms with van der Waals surface area (Å²) in [5, 5.41) is 6.10. The van der Waals surface area contributed by atoms with Gasteiger partial charge in [-0.2, -0.15) is 4.52 Å². The Labute approximate surface area is 182 Å². The highest BCUT2D eigenvalue weighted by Gasteiger charge is 2.20. The Morgan fingerprint density at radius 3 is 2.87 bits per heavy atom. The number of pyridine rings is 1. The Balaban J connectivity index is 1.30. The molecule has 156 valence electrons. The Morgan fingerprint density at radius 2 is 2.00 bits per heavy atom. The smallest absolute Gasteiger partial charge is 0.275 e. The largest absolute Gasteiger partial charge is 0.345 e. The number of rotatable bonds is 4. The van der Waals surface area contributed by atoms with E-state index < -0.39 is 0 Å². The van der Waals surface area contributed by atoms with Crippen LogP contribution in [-0.2, 0) is 13.0 Å². The van der Waals surface area contributed by atoms with Gasteiger partial charge in [0.15, 0.2) is 0 Å². The normalized spacial score (nSPS) is 15.9. The second-order valence-electron chi connectivity index (χ2n) is 7.48. The fourth-order valence-electron chi connectivity index (χ4n) is 3.80. The number of halogens is 1. The van der Waals surface area contributed by atoms with Gasteiger partial charge in [0.2, 0.25) is 10.1 Å². The van der Waals surface area contributed by atoms with Gasteiger partial charge in [0.25, 0.3) is 5.56 Å². The molecule has 0 aliphatic carbocycles. The van der Waals surface area contributed by atoms with Crippen LogP contribution in [0.5, 0.6) is 0 Å². The quantitative estimate of drug-likeness (QED) is 0.483. The Hall–Kier alpha value is -2.49. The van der Waals surface area contributed by atoms with Gasteiger partial charge >= 0.3 is 0 Å². The van der Waals surface area contributed by atoms with Crippen LogP contribution in [0.1, 0.15) is 24.7 Å². The van der Waals surface area contributed by atoms with E-state index in [0.29, 0.717) is 9.98 Å². The molecule has 1 aliphatic heterocycles. The van der Waals surface area contributed by atoms with E-state index in [1.807, 2.05) is 35.9 Å². The standard InChI is InChI=1S/C20H22ClN7OS/c1-2-15-10-18(29)28-19(23-15)30-20(24-28)26-7-3-6-25(8-9-26)12-16-13-27-11-14(21)4-5-17(27)22-16/h4-5,10-11,13H,2-3,6-9,12H2,1H3. The van der Waals surface area contributed by atoms with Crippen molar-refractivity contribution in [2.24, 2.45) is 0 Å². The molecule has 0 saturated carbocycles. The van der Waals surface area contributed by atoms with Crippen molar-refractivity contribution in [3.63, 3.8) is 0 Å². The fourth-order valence-corrected chi connectivity index (χ4v) is 4.94. The topological polar surface area (TPSA) is 71.0 Å². The average Bonchev–Trinajstić information content (AvgIpc) is 3.26. The van der Waals surface area contributed by atoms with E-state index in [0.717, 1.165) is 67.7 Å². The lowest BCUT2D eigenvalue weighted by Crippen LogP contribution is -2.30. The van der Waals surface area contributed by atoms with Gasteiger partial charge in [-0.05, 0) is 25.0 Å². The van der Waals surface area contributed by atoms with Crippen molar-refractivity contribution in [2.45, 2.75) is 26.3 Å². The third-order valence-corrected chi connectivity index (χ3v) is 6.55. The maximum Gasteiger partial charge on any atom is 0.275 e. The number of fused-ring (bicyclic) bond motifs is 2. The van der Waals surface area contributed by atoms with Crippen molar-refractivity contribution in [1.82, 2.24) is 28.9 Å². The van der Waals surface area contributed by atoms with Gasteiger partial charge in [-0.1, -0.05) is 29.9 Å². The lowest BCUT2D eigenvalue weighted by Gasteiger charge is -2.20. The molecular weight excluding hydrogens is 422 g/mol. The maximum atomic E-state index is 12.3. The van der Waals surface area contributed by atoms with Crippen molar-refractivity contribution < 1.29 is 0 Å². The first-order valence-electron chi connectivity index (χ1n) is 10.1. The number of aromatic nitrogens is 5. The number of imidazole rings is 1. The summed E-state index contributed by atoms with van der Waals surface area (Å²) >= 11 is 7.56. The summed E-state index contributed by atoms with van der Waals surface area (Å²) in [6.45, 7) is 6.47. The zero-order chi connectivity index (χ0) is 20.7. The van der Waals surface area contributed by atoms with Crippen molar-refractivity contribution in [3.8, 4) is 0 Å². The van der Waals surface area contributed by atoms with E-state index in [1.165, 1.54) is 15.9 Å². The van der Waals surface area contributed by atoms with E-state index in [9.17, 15) is 4.79 Å². The van der Waals surface area contributed by atoms with Crippen molar-refractivity contribution in [3.05, 3.63) is 57.4 Å². The van der Waals surface area contributed by atoms with Crippen LogP contribution < -0.4 is 10.5 Å². The third-order valence-electron chi connectivity index (χ3n) is 5.36. The van der Waals surface area contributed by atoms with Gasteiger partial charge in [-0.15, -0.1) is 5.10 Å². The van der Waals surface area contributed by atoms with E-state index in [1.54, 1.807) is 6.07 Å². The zero-order valence-electron chi connectivity index (χ0n) is 16.7. The van der Waals surface area contributed by atoms with E-state index in [-0.39, 0.29) is 5.56 Å². The molecule has 0 N–H and O–H groups in total. The summed E-state index contributed by atoms with van der Waals surface area (Å²) in [5.41, 5.74) is 2.65. The lowest BCUT2D eigenvalue weighted by atomic mass is 10.3. The molecular formula is C20H22ClN7OS.